The van der Waals surface area contributed by atoms with Gasteiger partial charge in [0, 0.05) is 10.9 Å². The fourth-order valence-electron chi connectivity index (χ4n) is 2.47. The van der Waals surface area contributed by atoms with Crippen molar-refractivity contribution >= 4 is 17.4 Å². The van der Waals surface area contributed by atoms with Crippen molar-refractivity contribution in [1.29, 1.82) is 0 Å². The van der Waals surface area contributed by atoms with Crippen LogP contribution in [0.5, 0.6) is 0 Å². The van der Waals surface area contributed by atoms with E-state index < -0.39 is 5.54 Å². The van der Waals surface area contributed by atoms with Gasteiger partial charge in [-0.3, -0.25) is 4.79 Å². The van der Waals surface area contributed by atoms with Gasteiger partial charge >= 0.3 is 0 Å². The molecular formula is C13H16ClNO. The Kier molecular flexibility index (Phi) is 3.04. The van der Waals surface area contributed by atoms with Gasteiger partial charge in [-0.25, -0.2) is 0 Å². The van der Waals surface area contributed by atoms with Crippen molar-refractivity contribution in [2.24, 2.45) is 11.7 Å². The topological polar surface area (TPSA) is 43.1 Å². The first-order valence-corrected chi connectivity index (χ1v) is 6.01. The maximum absolute atomic E-state index is 12.2. The van der Waals surface area contributed by atoms with Crippen molar-refractivity contribution in [3.05, 3.63) is 34.9 Å². The van der Waals surface area contributed by atoms with Gasteiger partial charge in [-0.15, -0.1) is 0 Å². The third-order valence-corrected chi connectivity index (χ3v) is 3.78. The summed E-state index contributed by atoms with van der Waals surface area (Å²) in [6.45, 7) is 1.94. The number of Topliss-reactive ketones (excluding diaryl/α,β-unsaturated/α-hetero) is 1. The van der Waals surface area contributed by atoms with E-state index in [0.717, 1.165) is 18.4 Å². The molecule has 3 heteroatoms. The molecule has 2 nitrogen and oxygen atoms in total. The maximum atomic E-state index is 12.2. The molecule has 2 atom stereocenters. The summed E-state index contributed by atoms with van der Waals surface area (Å²) in [5.74, 6) is 0.155. The van der Waals surface area contributed by atoms with Gasteiger partial charge < -0.3 is 5.73 Å². The number of halogens is 1. The third-order valence-electron chi connectivity index (χ3n) is 3.45. The first-order valence-electron chi connectivity index (χ1n) is 5.64. The van der Waals surface area contributed by atoms with E-state index in [2.05, 4.69) is 0 Å². The van der Waals surface area contributed by atoms with Crippen LogP contribution in [-0.2, 0) is 10.3 Å². The Bertz CT molecular complexity index is 418. The molecule has 2 rings (SSSR count). The van der Waals surface area contributed by atoms with Crippen LogP contribution in [0.2, 0.25) is 5.02 Å². The van der Waals surface area contributed by atoms with E-state index in [4.69, 9.17) is 17.3 Å². The molecule has 1 aromatic rings. The number of carbonyl (C=O) groups excluding carboxylic acids is 1. The van der Waals surface area contributed by atoms with Crippen LogP contribution in [0.1, 0.15) is 31.7 Å². The number of hydrogen-bond donors (Lipinski definition) is 1. The second kappa shape index (κ2) is 4.19. The molecule has 86 valence electrons. The maximum Gasteiger partial charge on any atom is 0.160 e. The van der Waals surface area contributed by atoms with Gasteiger partial charge in [0.25, 0.3) is 0 Å². The molecule has 0 radical (unpaired) electrons. The highest BCUT2D eigenvalue weighted by molar-refractivity contribution is 6.31. The van der Waals surface area contributed by atoms with Crippen LogP contribution in [0.3, 0.4) is 0 Å². The fraction of sp³-hybridized carbons (Fsp3) is 0.462. The van der Waals surface area contributed by atoms with E-state index in [9.17, 15) is 4.79 Å². The quantitative estimate of drug-likeness (QED) is 0.816. The second-order valence-corrected chi connectivity index (χ2v) is 5.02. The van der Waals surface area contributed by atoms with Crippen LogP contribution in [0.25, 0.3) is 0 Å². The summed E-state index contributed by atoms with van der Waals surface area (Å²) in [6.07, 6.45) is 2.61. The van der Waals surface area contributed by atoms with Crippen molar-refractivity contribution in [3.63, 3.8) is 0 Å². The highest BCUT2D eigenvalue weighted by Crippen LogP contribution is 2.37. The second-order valence-electron chi connectivity index (χ2n) is 4.61. The summed E-state index contributed by atoms with van der Waals surface area (Å²) in [5.41, 5.74) is 6.17. The summed E-state index contributed by atoms with van der Waals surface area (Å²) in [4.78, 5) is 12.2. The van der Waals surface area contributed by atoms with Gasteiger partial charge in [0.2, 0.25) is 0 Å². The minimum atomic E-state index is -0.879. The summed E-state index contributed by atoms with van der Waals surface area (Å²) < 4.78 is 0. The zero-order valence-electron chi connectivity index (χ0n) is 9.37. The van der Waals surface area contributed by atoms with Gasteiger partial charge in [0.05, 0.1) is 0 Å². The largest absolute Gasteiger partial charge is 0.315 e. The van der Waals surface area contributed by atoms with Crippen LogP contribution < -0.4 is 5.73 Å². The van der Waals surface area contributed by atoms with Gasteiger partial charge in [-0.05, 0) is 24.5 Å². The molecule has 1 aliphatic rings. The molecule has 0 heterocycles. The summed E-state index contributed by atoms with van der Waals surface area (Å²) in [5, 5.41) is 0.590. The van der Waals surface area contributed by atoms with Gasteiger partial charge in [0.15, 0.2) is 5.78 Å². The van der Waals surface area contributed by atoms with Crippen molar-refractivity contribution in [2.45, 2.75) is 31.7 Å². The molecule has 16 heavy (non-hydrogen) atoms. The molecular weight excluding hydrogens is 222 g/mol. The van der Waals surface area contributed by atoms with E-state index in [1.165, 1.54) is 0 Å². The van der Waals surface area contributed by atoms with Gasteiger partial charge in [-0.1, -0.05) is 43.1 Å². The molecule has 0 aliphatic heterocycles. The average molecular weight is 238 g/mol. The lowest BCUT2D eigenvalue weighted by molar-refractivity contribution is -0.130. The molecule has 1 aliphatic carbocycles. The minimum Gasteiger partial charge on any atom is -0.315 e. The number of hydrogen-bond acceptors (Lipinski definition) is 2. The molecule has 0 spiro atoms. The molecule has 0 unspecified atom stereocenters. The fourth-order valence-corrected chi connectivity index (χ4v) is 2.78. The molecule has 0 saturated heterocycles. The first kappa shape index (κ1) is 11.6. The molecule has 0 amide bonds. The number of benzene rings is 1. The van der Waals surface area contributed by atoms with Crippen LogP contribution in [0, 0.1) is 5.92 Å². The Balaban J connectivity index is 2.45. The van der Waals surface area contributed by atoms with Gasteiger partial charge in [0.1, 0.15) is 5.54 Å². The monoisotopic (exact) mass is 237 g/mol. The van der Waals surface area contributed by atoms with Crippen molar-refractivity contribution in [1.82, 2.24) is 0 Å². The van der Waals surface area contributed by atoms with E-state index in [-0.39, 0.29) is 11.7 Å². The number of ketones is 1. The van der Waals surface area contributed by atoms with Crippen LogP contribution in [-0.4, -0.2) is 5.78 Å². The first-order chi connectivity index (χ1) is 7.55. The molecule has 2 N–H and O–H groups in total. The number of rotatable bonds is 1. The lowest BCUT2D eigenvalue weighted by Crippen LogP contribution is -2.50. The summed E-state index contributed by atoms with van der Waals surface area (Å²) >= 11 is 6.13. The number of nitrogens with two attached hydrogens (primary N) is 1. The Morgan fingerprint density at radius 3 is 2.81 bits per heavy atom. The highest BCUT2D eigenvalue weighted by Gasteiger charge is 2.42. The van der Waals surface area contributed by atoms with Crippen molar-refractivity contribution < 1.29 is 4.79 Å². The smallest absolute Gasteiger partial charge is 0.160 e. The summed E-state index contributed by atoms with van der Waals surface area (Å²) in [7, 11) is 0. The van der Waals surface area contributed by atoms with E-state index in [1.54, 1.807) is 6.07 Å². The Morgan fingerprint density at radius 2 is 2.12 bits per heavy atom. The molecule has 1 saturated carbocycles. The standard InChI is InChI=1S/C13H16ClNO/c1-9-5-4-8-13(15,12(9)16)10-6-2-3-7-11(10)14/h2-3,6-7,9H,4-5,8,15H2,1H3/t9-,13-/m0/s1. The molecule has 0 bridgehead atoms. The average Bonchev–Trinajstić information content (AvgIpc) is 2.26. The van der Waals surface area contributed by atoms with Crippen LogP contribution in [0.4, 0.5) is 0 Å². The molecule has 1 aromatic carbocycles. The molecule has 1 fully saturated rings. The molecule has 0 aromatic heterocycles. The third kappa shape index (κ3) is 1.76. The Hall–Kier alpha value is -0.860. The lowest BCUT2D eigenvalue weighted by atomic mass is 9.72. The zero-order valence-corrected chi connectivity index (χ0v) is 10.1. The van der Waals surface area contributed by atoms with Crippen molar-refractivity contribution in [2.75, 3.05) is 0 Å². The van der Waals surface area contributed by atoms with E-state index >= 15 is 0 Å². The van der Waals surface area contributed by atoms with E-state index in [1.807, 2.05) is 25.1 Å². The lowest BCUT2D eigenvalue weighted by Gasteiger charge is -2.36. The minimum absolute atomic E-state index is 0.0371. The van der Waals surface area contributed by atoms with Gasteiger partial charge in [-0.2, -0.15) is 0 Å². The zero-order chi connectivity index (χ0) is 11.8. The highest BCUT2D eigenvalue weighted by atomic mass is 35.5. The number of carbonyl (C=O) groups is 1. The Labute approximate surface area is 101 Å². The SMILES string of the molecule is C[C@H]1CCC[C@](N)(c2ccccc2Cl)C1=O. The summed E-state index contributed by atoms with van der Waals surface area (Å²) in [6, 6.07) is 7.38. The predicted molar refractivity (Wildman–Crippen MR) is 65.3 cm³/mol. The normalized spacial score (nSPS) is 30.4. The van der Waals surface area contributed by atoms with Crippen molar-refractivity contribution in [3.8, 4) is 0 Å². The van der Waals surface area contributed by atoms with E-state index in [0.29, 0.717) is 11.4 Å². The van der Waals surface area contributed by atoms with Crippen LogP contribution >= 0.6 is 11.6 Å². The van der Waals surface area contributed by atoms with Crippen LogP contribution in [0.15, 0.2) is 24.3 Å². The predicted octanol–water partition coefficient (Wildman–Crippen LogP) is 2.88. The Morgan fingerprint density at radius 1 is 1.44 bits per heavy atom.